The summed E-state index contributed by atoms with van der Waals surface area (Å²) >= 11 is 6.10. The Morgan fingerprint density at radius 3 is 2.28 bits per heavy atom. The van der Waals surface area contributed by atoms with Gasteiger partial charge in [-0.3, -0.25) is 4.79 Å². The molecule has 1 heterocycles. The van der Waals surface area contributed by atoms with Gasteiger partial charge in [0.25, 0.3) is 5.91 Å². The fourth-order valence-electron chi connectivity index (χ4n) is 2.35. The van der Waals surface area contributed by atoms with Crippen molar-refractivity contribution in [1.82, 2.24) is 4.57 Å². The SMILES string of the molecule is COC(=O)c1ccc(Cl)c(NC(=O)c2ccc(-n3cccc3)cc2)c1. The van der Waals surface area contributed by atoms with Gasteiger partial charge in [-0.2, -0.15) is 0 Å². The molecule has 0 aliphatic rings. The van der Waals surface area contributed by atoms with Gasteiger partial charge < -0.3 is 14.6 Å². The summed E-state index contributed by atoms with van der Waals surface area (Å²) in [6.45, 7) is 0. The number of carbonyl (C=O) groups excluding carboxylic acids is 2. The van der Waals surface area contributed by atoms with Crippen LogP contribution in [0.15, 0.2) is 67.0 Å². The third kappa shape index (κ3) is 3.72. The predicted octanol–water partition coefficient (Wildman–Crippen LogP) is 4.17. The molecule has 1 amide bonds. The van der Waals surface area contributed by atoms with E-state index in [0.29, 0.717) is 21.8 Å². The molecule has 0 aliphatic heterocycles. The molecule has 5 nitrogen and oxygen atoms in total. The number of methoxy groups -OCH3 is 1. The molecule has 1 aromatic heterocycles. The van der Waals surface area contributed by atoms with E-state index in [1.165, 1.54) is 19.2 Å². The fraction of sp³-hybridized carbons (Fsp3) is 0.0526. The topological polar surface area (TPSA) is 60.3 Å². The number of nitrogens with one attached hydrogen (secondary N) is 1. The number of amides is 1. The molecule has 0 saturated carbocycles. The maximum Gasteiger partial charge on any atom is 0.337 e. The first-order valence-corrected chi connectivity index (χ1v) is 7.89. The van der Waals surface area contributed by atoms with Crippen LogP contribution in [0.5, 0.6) is 0 Å². The highest BCUT2D eigenvalue weighted by atomic mass is 35.5. The smallest absolute Gasteiger partial charge is 0.337 e. The molecular weight excluding hydrogens is 340 g/mol. The van der Waals surface area contributed by atoms with E-state index in [2.05, 4.69) is 10.1 Å². The minimum atomic E-state index is -0.497. The highest BCUT2D eigenvalue weighted by Crippen LogP contribution is 2.24. The summed E-state index contributed by atoms with van der Waals surface area (Å²) in [5, 5.41) is 3.05. The van der Waals surface area contributed by atoms with Gasteiger partial charge in [0.1, 0.15) is 0 Å². The normalized spacial score (nSPS) is 10.3. The van der Waals surface area contributed by atoms with Crippen LogP contribution in [0.3, 0.4) is 0 Å². The van der Waals surface area contributed by atoms with E-state index in [9.17, 15) is 9.59 Å². The molecule has 3 aromatic rings. The van der Waals surface area contributed by atoms with Crippen molar-refractivity contribution < 1.29 is 14.3 Å². The maximum atomic E-state index is 12.4. The average Bonchev–Trinajstić information content (AvgIpc) is 3.17. The molecule has 0 atom stereocenters. The lowest BCUT2D eigenvalue weighted by molar-refractivity contribution is 0.0600. The van der Waals surface area contributed by atoms with Crippen LogP contribution in [0, 0.1) is 0 Å². The molecule has 1 N–H and O–H groups in total. The van der Waals surface area contributed by atoms with E-state index in [-0.39, 0.29) is 5.91 Å². The fourth-order valence-corrected chi connectivity index (χ4v) is 2.52. The number of carbonyl (C=O) groups is 2. The van der Waals surface area contributed by atoms with Gasteiger partial charge in [-0.25, -0.2) is 4.79 Å². The number of aromatic nitrogens is 1. The lowest BCUT2D eigenvalue weighted by Crippen LogP contribution is -2.13. The summed E-state index contributed by atoms with van der Waals surface area (Å²) in [5.74, 6) is -0.814. The molecule has 0 aliphatic carbocycles. The van der Waals surface area contributed by atoms with Gasteiger partial charge in [0, 0.05) is 23.6 Å². The van der Waals surface area contributed by atoms with E-state index in [1.807, 2.05) is 41.2 Å². The Kier molecular flexibility index (Phi) is 4.86. The second-order valence-corrected chi connectivity index (χ2v) is 5.68. The molecule has 0 spiro atoms. The van der Waals surface area contributed by atoms with Crippen molar-refractivity contribution in [2.24, 2.45) is 0 Å². The second kappa shape index (κ2) is 7.23. The Bertz CT molecular complexity index is 903. The number of ether oxygens (including phenoxy) is 1. The van der Waals surface area contributed by atoms with E-state index in [4.69, 9.17) is 11.6 Å². The van der Waals surface area contributed by atoms with Crippen molar-refractivity contribution in [3.05, 3.63) is 83.1 Å². The summed E-state index contributed by atoms with van der Waals surface area (Å²) in [6.07, 6.45) is 3.85. The molecule has 0 fully saturated rings. The van der Waals surface area contributed by atoms with Gasteiger partial charge in [-0.15, -0.1) is 0 Å². The first-order valence-electron chi connectivity index (χ1n) is 7.51. The molecule has 0 bridgehead atoms. The zero-order valence-electron chi connectivity index (χ0n) is 13.4. The molecule has 6 heteroatoms. The van der Waals surface area contributed by atoms with Crippen molar-refractivity contribution in [3.63, 3.8) is 0 Å². The van der Waals surface area contributed by atoms with Crippen molar-refractivity contribution in [3.8, 4) is 5.69 Å². The maximum absolute atomic E-state index is 12.4. The monoisotopic (exact) mass is 354 g/mol. The van der Waals surface area contributed by atoms with Gasteiger partial charge in [0.15, 0.2) is 0 Å². The van der Waals surface area contributed by atoms with Crippen LogP contribution in [-0.2, 0) is 4.74 Å². The predicted molar refractivity (Wildman–Crippen MR) is 96.5 cm³/mol. The molecule has 2 aromatic carbocycles. The quantitative estimate of drug-likeness (QED) is 0.715. The summed E-state index contributed by atoms with van der Waals surface area (Å²) in [5.41, 5.74) is 2.09. The number of anilines is 1. The van der Waals surface area contributed by atoms with Crippen LogP contribution < -0.4 is 5.32 Å². The number of esters is 1. The number of halogens is 1. The van der Waals surface area contributed by atoms with Crippen LogP contribution in [-0.4, -0.2) is 23.6 Å². The van der Waals surface area contributed by atoms with Crippen LogP contribution >= 0.6 is 11.6 Å². The highest BCUT2D eigenvalue weighted by Gasteiger charge is 2.12. The lowest BCUT2D eigenvalue weighted by atomic mass is 10.1. The largest absolute Gasteiger partial charge is 0.465 e. The molecule has 0 saturated heterocycles. The Morgan fingerprint density at radius 1 is 1.00 bits per heavy atom. The summed E-state index contributed by atoms with van der Waals surface area (Å²) in [7, 11) is 1.29. The molecule has 0 unspecified atom stereocenters. The number of hydrogen-bond acceptors (Lipinski definition) is 3. The Morgan fingerprint density at radius 2 is 1.64 bits per heavy atom. The molecule has 126 valence electrons. The highest BCUT2D eigenvalue weighted by molar-refractivity contribution is 6.34. The average molecular weight is 355 g/mol. The third-order valence-electron chi connectivity index (χ3n) is 3.67. The molecular formula is C19H15ClN2O3. The van der Waals surface area contributed by atoms with Gasteiger partial charge in [0.05, 0.1) is 23.4 Å². The zero-order chi connectivity index (χ0) is 17.8. The van der Waals surface area contributed by atoms with Crippen molar-refractivity contribution >= 4 is 29.2 Å². The molecule has 25 heavy (non-hydrogen) atoms. The van der Waals surface area contributed by atoms with Crippen molar-refractivity contribution in [2.45, 2.75) is 0 Å². The van der Waals surface area contributed by atoms with Gasteiger partial charge >= 0.3 is 5.97 Å². The Balaban J connectivity index is 1.79. The molecule has 3 rings (SSSR count). The summed E-state index contributed by atoms with van der Waals surface area (Å²) < 4.78 is 6.62. The number of hydrogen-bond donors (Lipinski definition) is 1. The standard InChI is InChI=1S/C19H15ClN2O3/c1-25-19(24)14-6-9-16(20)17(12-14)21-18(23)13-4-7-15(8-5-13)22-10-2-3-11-22/h2-12H,1H3,(H,21,23). The van der Waals surface area contributed by atoms with Gasteiger partial charge in [-0.1, -0.05) is 11.6 Å². The van der Waals surface area contributed by atoms with Crippen molar-refractivity contribution in [1.29, 1.82) is 0 Å². The third-order valence-corrected chi connectivity index (χ3v) is 4.00. The minimum Gasteiger partial charge on any atom is -0.465 e. The first kappa shape index (κ1) is 16.8. The van der Waals surface area contributed by atoms with Crippen molar-refractivity contribution in [2.75, 3.05) is 12.4 Å². The minimum absolute atomic E-state index is 0.310. The van der Waals surface area contributed by atoms with Crippen LogP contribution in [0.4, 0.5) is 5.69 Å². The van der Waals surface area contributed by atoms with E-state index in [0.717, 1.165) is 5.69 Å². The molecule has 0 radical (unpaired) electrons. The van der Waals surface area contributed by atoms with Gasteiger partial charge in [-0.05, 0) is 54.6 Å². The van der Waals surface area contributed by atoms with E-state index in [1.54, 1.807) is 18.2 Å². The summed E-state index contributed by atoms with van der Waals surface area (Å²) in [6, 6.07) is 15.6. The first-order chi connectivity index (χ1) is 12.1. The van der Waals surface area contributed by atoms with E-state index >= 15 is 0 Å². The number of benzene rings is 2. The van der Waals surface area contributed by atoms with Gasteiger partial charge in [0.2, 0.25) is 0 Å². The lowest BCUT2D eigenvalue weighted by Gasteiger charge is -2.10. The van der Waals surface area contributed by atoms with Crippen LogP contribution in [0.2, 0.25) is 5.02 Å². The Labute approximate surface area is 149 Å². The van der Waals surface area contributed by atoms with Crippen LogP contribution in [0.25, 0.3) is 5.69 Å². The number of nitrogens with zero attached hydrogens (tertiary/aromatic N) is 1. The summed E-state index contributed by atoms with van der Waals surface area (Å²) in [4.78, 5) is 24.0. The second-order valence-electron chi connectivity index (χ2n) is 5.28. The zero-order valence-corrected chi connectivity index (χ0v) is 14.2. The van der Waals surface area contributed by atoms with Crippen LogP contribution in [0.1, 0.15) is 20.7 Å². The number of rotatable bonds is 4. The Hall–Kier alpha value is -3.05. The van der Waals surface area contributed by atoms with E-state index < -0.39 is 5.97 Å².